The topological polar surface area (TPSA) is 43.6 Å². The zero-order chi connectivity index (χ0) is 17.6. The third-order valence-corrected chi connectivity index (χ3v) is 5.33. The maximum atomic E-state index is 12.9. The van der Waals surface area contributed by atoms with Gasteiger partial charge >= 0.3 is 0 Å². The SMILES string of the molecule is CCOc1ccccc1C=c1sc2nc3cc(C)c(C)cc3n2c1=O. The van der Waals surface area contributed by atoms with Crippen LogP contribution < -0.4 is 14.8 Å². The summed E-state index contributed by atoms with van der Waals surface area (Å²) in [4.78, 5) is 18.3. The van der Waals surface area contributed by atoms with Crippen LogP contribution in [0.4, 0.5) is 0 Å². The van der Waals surface area contributed by atoms with Crippen molar-refractivity contribution in [2.45, 2.75) is 20.8 Å². The lowest BCUT2D eigenvalue weighted by Gasteiger charge is -2.05. The molecule has 0 amide bonds. The Morgan fingerprint density at radius 2 is 1.96 bits per heavy atom. The molecule has 0 saturated heterocycles. The molecule has 25 heavy (non-hydrogen) atoms. The Morgan fingerprint density at radius 3 is 2.76 bits per heavy atom. The minimum Gasteiger partial charge on any atom is -0.493 e. The minimum absolute atomic E-state index is 0.0305. The van der Waals surface area contributed by atoms with Crippen LogP contribution in [0.2, 0.25) is 0 Å². The Balaban J connectivity index is 1.97. The summed E-state index contributed by atoms with van der Waals surface area (Å²) in [5.41, 5.74) is 4.96. The number of rotatable bonds is 3. The molecule has 2 heterocycles. The average Bonchev–Trinajstić information content (AvgIpc) is 3.07. The molecule has 0 N–H and O–H groups in total. The van der Waals surface area contributed by atoms with Crippen molar-refractivity contribution in [2.75, 3.05) is 6.61 Å². The summed E-state index contributed by atoms with van der Waals surface area (Å²) in [6, 6.07) is 11.8. The van der Waals surface area contributed by atoms with Crippen LogP contribution in [0.3, 0.4) is 0 Å². The van der Waals surface area contributed by atoms with Crippen molar-refractivity contribution in [3.05, 3.63) is 68.0 Å². The first kappa shape index (κ1) is 15.8. The van der Waals surface area contributed by atoms with E-state index in [1.807, 2.05) is 49.4 Å². The Morgan fingerprint density at radius 1 is 1.20 bits per heavy atom. The van der Waals surface area contributed by atoms with Gasteiger partial charge in [0.15, 0.2) is 4.96 Å². The van der Waals surface area contributed by atoms with Gasteiger partial charge in [-0.25, -0.2) is 9.38 Å². The monoisotopic (exact) mass is 350 g/mol. The number of nitrogens with zero attached hydrogens (tertiary/aromatic N) is 2. The number of fused-ring (bicyclic) bond motifs is 3. The highest BCUT2D eigenvalue weighted by atomic mass is 32.1. The van der Waals surface area contributed by atoms with Crippen LogP contribution in [0.5, 0.6) is 5.75 Å². The number of para-hydroxylation sites is 1. The Bertz CT molecular complexity index is 1200. The van der Waals surface area contributed by atoms with Gasteiger partial charge < -0.3 is 4.74 Å². The summed E-state index contributed by atoms with van der Waals surface area (Å²) in [5, 5.41) is 0. The van der Waals surface area contributed by atoms with Crippen LogP contribution in [0, 0.1) is 13.8 Å². The predicted molar refractivity (Wildman–Crippen MR) is 103 cm³/mol. The van der Waals surface area contributed by atoms with Crippen LogP contribution in [0.1, 0.15) is 23.6 Å². The second-order valence-electron chi connectivity index (χ2n) is 6.04. The number of aromatic nitrogens is 2. The molecule has 0 saturated carbocycles. The van der Waals surface area contributed by atoms with Gasteiger partial charge in [-0.05, 0) is 56.2 Å². The number of imidazole rings is 1. The van der Waals surface area contributed by atoms with Gasteiger partial charge in [0.1, 0.15) is 5.75 Å². The molecule has 0 aliphatic heterocycles. The third-order valence-electron chi connectivity index (χ3n) is 4.36. The van der Waals surface area contributed by atoms with Gasteiger partial charge in [-0.3, -0.25) is 4.79 Å². The average molecular weight is 350 g/mol. The Labute approximate surface area is 149 Å². The smallest absolute Gasteiger partial charge is 0.274 e. The molecular formula is C20H18N2O2S. The number of aryl methyl sites for hydroxylation is 2. The first-order valence-corrected chi connectivity index (χ1v) is 9.06. The molecule has 0 bridgehead atoms. The van der Waals surface area contributed by atoms with Gasteiger partial charge in [-0.2, -0.15) is 0 Å². The standard InChI is InChI=1S/C20H18N2O2S/c1-4-24-17-8-6-5-7-14(17)11-18-19(23)22-16-10-13(3)12(2)9-15(16)21-20(22)25-18/h5-11H,4H2,1-3H3. The van der Waals surface area contributed by atoms with Gasteiger partial charge in [-0.1, -0.05) is 29.5 Å². The van der Waals surface area contributed by atoms with E-state index in [0.717, 1.165) is 32.9 Å². The molecule has 0 fully saturated rings. The van der Waals surface area contributed by atoms with Crippen molar-refractivity contribution in [1.82, 2.24) is 9.38 Å². The van der Waals surface area contributed by atoms with E-state index in [4.69, 9.17) is 4.74 Å². The van der Waals surface area contributed by atoms with Crippen LogP contribution in [-0.4, -0.2) is 16.0 Å². The molecular weight excluding hydrogens is 332 g/mol. The maximum absolute atomic E-state index is 12.9. The molecule has 0 radical (unpaired) electrons. The Hall–Kier alpha value is -2.66. The summed E-state index contributed by atoms with van der Waals surface area (Å²) < 4.78 is 8.02. The van der Waals surface area contributed by atoms with Gasteiger partial charge in [0.05, 0.1) is 22.2 Å². The number of hydrogen-bond acceptors (Lipinski definition) is 4. The third kappa shape index (κ3) is 2.61. The molecule has 0 unspecified atom stereocenters. The lowest BCUT2D eigenvalue weighted by molar-refractivity contribution is 0.339. The van der Waals surface area contributed by atoms with E-state index in [1.54, 1.807) is 4.40 Å². The molecule has 0 aliphatic rings. The summed E-state index contributed by atoms with van der Waals surface area (Å²) in [7, 11) is 0. The normalized spacial score (nSPS) is 12.4. The van der Waals surface area contributed by atoms with Crippen LogP contribution >= 0.6 is 11.3 Å². The fourth-order valence-corrected chi connectivity index (χ4v) is 3.92. The van der Waals surface area contributed by atoms with E-state index >= 15 is 0 Å². The summed E-state index contributed by atoms with van der Waals surface area (Å²) in [6.45, 7) is 6.65. The molecule has 2 aromatic heterocycles. The number of thiazole rings is 1. The van der Waals surface area contributed by atoms with Crippen molar-refractivity contribution >= 4 is 33.4 Å². The molecule has 0 atom stereocenters. The van der Waals surface area contributed by atoms with Crippen molar-refractivity contribution in [1.29, 1.82) is 0 Å². The highest BCUT2D eigenvalue weighted by Crippen LogP contribution is 2.22. The van der Waals surface area contributed by atoms with Crippen molar-refractivity contribution in [2.24, 2.45) is 0 Å². The van der Waals surface area contributed by atoms with E-state index in [-0.39, 0.29) is 5.56 Å². The number of hydrogen-bond donors (Lipinski definition) is 0. The number of ether oxygens (including phenoxy) is 1. The highest BCUT2D eigenvalue weighted by Gasteiger charge is 2.12. The molecule has 126 valence electrons. The van der Waals surface area contributed by atoms with Crippen molar-refractivity contribution in [3.8, 4) is 5.75 Å². The van der Waals surface area contributed by atoms with Crippen molar-refractivity contribution in [3.63, 3.8) is 0 Å². The van der Waals surface area contributed by atoms with Gasteiger partial charge in [0, 0.05) is 5.56 Å². The van der Waals surface area contributed by atoms with Gasteiger partial charge in [0.2, 0.25) is 0 Å². The van der Waals surface area contributed by atoms with Crippen LogP contribution in [0.25, 0.3) is 22.1 Å². The first-order valence-electron chi connectivity index (χ1n) is 8.24. The molecule has 4 rings (SSSR count). The molecule has 4 nitrogen and oxygen atoms in total. The van der Waals surface area contributed by atoms with E-state index < -0.39 is 0 Å². The molecule has 4 aromatic rings. The molecule has 0 spiro atoms. The summed E-state index contributed by atoms with van der Waals surface area (Å²) >= 11 is 1.41. The molecule has 5 heteroatoms. The predicted octanol–water partition coefficient (Wildman–Crippen LogP) is 3.47. The zero-order valence-corrected chi connectivity index (χ0v) is 15.2. The Kier molecular flexibility index (Phi) is 3.81. The molecule has 0 aliphatic carbocycles. The lowest BCUT2D eigenvalue weighted by Crippen LogP contribution is -2.22. The van der Waals surface area contributed by atoms with E-state index in [2.05, 4.69) is 18.8 Å². The van der Waals surface area contributed by atoms with Gasteiger partial charge in [-0.15, -0.1) is 0 Å². The zero-order valence-electron chi connectivity index (χ0n) is 14.4. The summed E-state index contributed by atoms with van der Waals surface area (Å²) in [6.07, 6.45) is 1.89. The van der Waals surface area contributed by atoms with E-state index in [0.29, 0.717) is 11.1 Å². The lowest BCUT2D eigenvalue weighted by atomic mass is 10.1. The second-order valence-corrected chi connectivity index (χ2v) is 7.05. The fourth-order valence-electron chi connectivity index (χ4n) is 2.95. The van der Waals surface area contributed by atoms with Crippen LogP contribution in [-0.2, 0) is 0 Å². The number of benzene rings is 2. The molecule has 2 aromatic carbocycles. The highest BCUT2D eigenvalue weighted by molar-refractivity contribution is 7.15. The summed E-state index contributed by atoms with van der Waals surface area (Å²) in [5.74, 6) is 0.784. The van der Waals surface area contributed by atoms with Crippen molar-refractivity contribution < 1.29 is 4.74 Å². The van der Waals surface area contributed by atoms with Gasteiger partial charge in [0.25, 0.3) is 5.56 Å². The maximum Gasteiger partial charge on any atom is 0.274 e. The quantitative estimate of drug-likeness (QED) is 0.568. The largest absolute Gasteiger partial charge is 0.493 e. The fraction of sp³-hybridized carbons (Fsp3) is 0.200. The first-order chi connectivity index (χ1) is 12.1. The van der Waals surface area contributed by atoms with Crippen LogP contribution in [0.15, 0.2) is 41.2 Å². The minimum atomic E-state index is -0.0305. The van der Waals surface area contributed by atoms with E-state index in [9.17, 15) is 4.79 Å². The van der Waals surface area contributed by atoms with E-state index in [1.165, 1.54) is 16.9 Å². The second kappa shape index (κ2) is 6.01.